The van der Waals surface area contributed by atoms with Crippen LogP contribution in [0.15, 0.2) is 46.9 Å². The third-order valence-corrected chi connectivity index (χ3v) is 4.25. The van der Waals surface area contributed by atoms with E-state index in [2.05, 4.69) is 5.32 Å². The molecule has 3 aromatic rings. The van der Waals surface area contributed by atoms with E-state index in [-0.39, 0.29) is 5.76 Å². The van der Waals surface area contributed by atoms with Gasteiger partial charge in [0.05, 0.1) is 0 Å². The van der Waals surface area contributed by atoms with Crippen LogP contribution in [0.4, 0.5) is 5.69 Å². The number of furan rings is 1. The van der Waals surface area contributed by atoms with Crippen molar-refractivity contribution in [3.63, 3.8) is 0 Å². The normalized spacial score (nSPS) is 12.0. The summed E-state index contributed by atoms with van der Waals surface area (Å²) in [5.74, 6) is -1.13. The van der Waals surface area contributed by atoms with Crippen LogP contribution in [0, 0.1) is 6.92 Å². The maximum Gasteiger partial charge on any atom is 0.375 e. The molecule has 0 unspecified atom stereocenters. The minimum absolute atomic E-state index is 0.0802. The number of carbonyl (C=O) groups is 2. The summed E-state index contributed by atoms with van der Waals surface area (Å²) in [5, 5.41) is 4.20. The first kappa shape index (κ1) is 18.3. The molecule has 134 valence electrons. The zero-order valence-electron chi connectivity index (χ0n) is 14.0. The van der Waals surface area contributed by atoms with Crippen LogP contribution in [-0.4, -0.2) is 18.0 Å². The first-order valence-corrected chi connectivity index (χ1v) is 8.57. The maximum absolute atomic E-state index is 12.4. The summed E-state index contributed by atoms with van der Waals surface area (Å²) >= 11 is 11.8. The molecule has 2 aromatic carbocycles. The highest BCUT2D eigenvalue weighted by molar-refractivity contribution is 6.35. The highest BCUT2D eigenvalue weighted by atomic mass is 35.5. The molecule has 0 aliphatic heterocycles. The van der Waals surface area contributed by atoms with Crippen molar-refractivity contribution in [3.05, 3.63) is 63.8 Å². The molecule has 0 saturated carbocycles. The first-order valence-electron chi connectivity index (χ1n) is 7.81. The fourth-order valence-corrected chi connectivity index (χ4v) is 3.03. The van der Waals surface area contributed by atoms with Gasteiger partial charge in [0.25, 0.3) is 5.91 Å². The number of benzene rings is 2. The standard InChI is InChI=1S/C19H15Cl2NO4/c1-10-15-5-3-4-6-16(15)26-17(10)19(24)25-11(2)18(23)22-14-8-12(20)7-13(21)9-14/h3-9,11H,1-2H3,(H,22,23)/t11-/m0/s1. The Labute approximate surface area is 159 Å². The number of hydrogen-bond acceptors (Lipinski definition) is 4. The van der Waals surface area contributed by atoms with E-state index in [4.69, 9.17) is 32.4 Å². The fraction of sp³-hybridized carbons (Fsp3) is 0.158. The van der Waals surface area contributed by atoms with Gasteiger partial charge in [0.15, 0.2) is 6.10 Å². The second kappa shape index (κ2) is 7.40. The molecule has 7 heteroatoms. The van der Waals surface area contributed by atoms with Gasteiger partial charge >= 0.3 is 5.97 Å². The summed E-state index contributed by atoms with van der Waals surface area (Å²) in [6.45, 7) is 3.23. The van der Waals surface area contributed by atoms with Crippen LogP contribution in [0.5, 0.6) is 0 Å². The molecule has 1 aromatic heterocycles. The van der Waals surface area contributed by atoms with Gasteiger partial charge in [-0.25, -0.2) is 4.79 Å². The molecule has 1 amide bonds. The number of fused-ring (bicyclic) bond motifs is 1. The molecule has 26 heavy (non-hydrogen) atoms. The molecule has 0 radical (unpaired) electrons. The Morgan fingerprint density at radius 1 is 1.12 bits per heavy atom. The Morgan fingerprint density at radius 2 is 1.77 bits per heavy atom. The molecule has 0 spiro atoms. The van der Waals surface area contributed by atoms with Gasteiger partial charge in [-0.1, -0.05) is 41.4 Å². The van der Waals surface area contributed by atoms with Crippen LogP contribution in [0.3, 0.4) is 0 Å². The predicted octanol–water partition coefficient (Wildman–Crippen LogP) is 5.23. The number of para-hydroxylation sites is 1. The SMILES string of the molecule is Cc1c(C(=O)O[C@@H](C)C(=O)Nc2cc(Cl)cc(Cl)c2)oc2ccccc12. The summed E-state index contributed by atoms with van der Waals surface area (Å²) < 4.78 is 10.8. The van der Waals surface area contributed by atoms with E-state index in [0.29, 0.717) is 26.9 Å². The van der Waals surface area contributed by atoms with Gasteiger partial charge in [-0.15, -0.1) is 0 Å². The summed E-state index contributed by atoms with van der Waals surface area (Å²) in [5.41, 5.74) is 1.66. The molecule has 0 bridgehead atoms. The number of hydrogen-bond donors (Lipinski definition) is 1. The number of anilines is 1. The fourth-order valence-electron chi connectivity index (χ4n) is 2.51. The van der Waals surface area contributed by atoms with Crippen LogP contribution < -0.4 is 5.32 Å². The molecular weight excluding hydrogens is 377 g/mol. The van der Waals surface area contributed by atoms with Gasteiger partial charge < -0.3 is 14.5 Å². The van der Waals surface area contributed by atoms with E-state index in [0.717, 1.165) is 5.39 Å². The average molecular weight is 392 g/mol. The monoisotopic (exact) mass is 391 g/mol. The molecule has 0 fully saturated rings. The maximum atomic E-state index is 12.4. The van der Waals surface area contributed by atoms with Crippen LogP contribution in [0.25, 0.3) is 11.0 Å². The van der Waals surface area contributed by atoms with Crippen molar-refractivity contribution in [1.82, 2.24) is 0 Å². The van der Waals surface area contributed by atoms with Crippen molar-refractivity contribution in [2.75, 3.05) is 5.32 Å². The second-order valence-corrected chi connectivity index (χ2v) is 6.62. The van der Waals surface area contributed by atoms with Gasteiger partial charge in [0, 0.05) is 26.7 Å². The molecule has 0 aliphatic rings. The molecule has 0 aliphatic carbocycles. The van der Waals surface area contributed by atoms with Crippen LogP contribution in [0.2, 0.25) is 10.0 Å². The second-order valence-electron chi connectivity index (χ2n) is 5.75. The Morgan fingerprint density at radius 3 is 2.42 bits per heavy atom. The van der Waals surface area contributed by atoms with E-state index < -0.39 is 18.0 Å². The Kier molecular flexibility index (Phi) is 5.20. The van der Waals surface area contributed by atoms with Gasteiger partial charge in [-0.2, -0.15) is 0 Å². The van der Waals surface area contributed by atoms with Crippen molar-refractivity contribution >= 4 is 51.7 Å². The average Bonchev–Trinajstić information content (AvgIpc) is 2.91. The topological polar surface area (TPSA) is 68.5 Å². The Hall–Kier alpha value is -2.50. The van der Waals surface area contributed by atoms with Gasteiger partial charge in [-0.3, -0.25) is 4.79 Å². The lowest BCUT2D eigenvalue weighted by Crippen LogP contribution is -2.30. The highest BCUT2D eigenvalue weighted by Gasteiger charge is 2.24. The number of amides is 1. The number of rotatable bonds is 4. The van der Waals surface area contributed by atoms with Crippen molar-refractivity contribution in [2.24, 2.45) is 0 Å². The summed E-state index contributed by atoms with van der Waals surface area (Å²) in [6, 6.07) is 11.9. The van der Waals surface area contributed by atoms with Gasteiger partial charge in [0.2, 0.25) is 5.76 Å². The summed E-state index contributed by atoms with van der Waals surface area (Å²) in [7, 11) is 0. The molecule has 1 heterocycles. The van der Waals surface area contributed by atoms with E-state index in [1.807, 2.05) is 18.2 Å². The molecule has 0 saturated heterocycles. The van der Waals surface area contributed by atoms with Crippen LogP contribution >= 0.6 is 23.2 Å². The third kappa shape index (κ3) is 3.84. The Bertz CT molecular complexity index is 976. The lowest BCUT2D eigenvalue weighted by atomic mass is 10.1. The highest BCUT2D eigenvalue weighted by Crippen LogP contribution is 2.26. The zero-order valence-corrected chi connectivity index (χ0v) is 15.5. The number of nitrogens with one attached hydrogen (secondary N) is 1. The largest absolute Gasteiger partial charge is 0.449 e. The summed E-state index contributed by atoms with van der Waals surface area (Å²) in [6.07, 6.45) is -1.03. The number of esters is 1. The minimum atomic E-state index is -1.03. The lowest BCUT2D eigenvalue weighted by molar-refractivity contribution is -0.123. The first-order chi connectivity index (χ1) is 12.3. The number of halogens is 2. The smallest absolute Gasteiger partial charge is 0.375 e. The van der Waals surface area contributed by atoms with E-state index in [1.165, 1.54) is 6.92 Å². The third-order valence-electron chi connectivity index (χ3n) is 3.81. The van der Waals surface area contributed by atoms with Gasteiger partial charge in [-0.05, 0) is 38.1 Å². The van der Waals surface area contributed by atoms with Gasteiger partial charge in [0.1, 0.15) is 5.58 Å². The number of carbonyl (C=O) groups excluding carboxylic acids is 2. The van der Waals surface area contributed by atoms with Crippen molar-refractivity contribution < 1.29 is 18.7 Å². The van der Waals surface area contributed by atoms with Crippen molar-refractivity contribution in [1.29, 1.82) is 0 Å². The summed E-state index contributed by atoms with van der Waals surface area (Å²) in [4.78, 5) is 24.6. The number of ether oxygens (including phenoxy) is 1. The minimum Gasteiger partial charge on any atom is -0.449 e. The van der Waals surface area contributed by atoms with Crippen molar-refractivity contribution in [3.8, 4) is 0 Å². The van der Waals surface area contributed by atoms with Crippen LogP contribution in [-0.2, 0) is 9.53 Å². The van der Waals surface area contributed by atoms with Crippen LogP contribution in [0.1, 0.15) is 23.0 Å². The number of aryl methyl sites for hydroxylation is 1. The van der Waals surface area contributed by atoms with E-state index in [9.17, 15) is 9.59 Å². The quantitative estimate of drug-likeness (QED) is 0.618. The zero-order chi connectivity index (χ0) is 18.8. The predicted molar refractivity (Wildman–Crippen MR) is 101 cm³/mol. The van der Waals surface area contributed by atoms with Crippen molar-refractivity contribution in [2.45, 2.75) is 20.0 Å². The Balaban J connectivity index is 1.71. The molecular formula is C19H15Cl2NO4. The molecule has 1 atom stereocenters. The molecule has 5 nitrogen and oxygen atoms in total. The van der Waals surface area contributed by atoms with E-state index in [1.54, 1.807) is 31.2 Å². The molecule has 1 N–H and O–H groups in total. The van der Waals surface area contributed by atoms with E-state index >= 15 is 0 Å². The molecule has 3 rings (SSSR count). The lowest BCUT2D eigenvalue weighted by Gasteiger charge is -2.13.